The predicted octanol–water partition coefficient (Wildman–Crippen LogP) is 7.00. The van der Waals surface area contributed by atoms with Crippen molar-refractivity contribution in [1.82, 2.24) is 0 Å². The Morgan fingerprint density at radius 2 is 1.00 bits per heavy atom. The molecule has 0 unspecified atom stereocenters. The first-order valence-corrected chi connectivity index (χ1v) is 9.26. The van der Waals surface area contributed by atoms with Crippen molar-refractivity contribution in [2.24, 2.45) is 0 Å². The van der Waals surface area contributed by atoms with Crippen molar-refractivity contribution in [1.29, 1.82) is 0 Å². The molecule has 0 nitrogen and oxygen atoms in total. The van der Waals surface area contributed by atoms with Crippen LogP contribution in [0.2, 0.25) is 0 Å². The Morgan fingerprint density at radius 3 is 1.43 bits per heavy atom. The maximum absolute atomic E-state index is 2.39. The lowest BCUT2D eigenvalue weighted by atomic mass is 9.82. The van der Waals surface area contributed by atoms with Crippen molar-refractivity contribution in [3.63, 3.8) is 0 Å². The van der Waals surface area contributed by atoms with Gasteiger partial charge in [0, 0.05) is 0 Å². The Kier molecular flexibility index (Phi) is 6.80. The highest BCUT2D eigenvalue weighted by molar-refractivity contribution is 5.39. The van der Waals surface area contributed by atoms with E-state index in [1.807, 2.05) is 0 Å². The molecule has 1 aromatic rings. The molecular weight excluding hydrogens is 252 g/mol. The molecule has 21 heavy (non-hydrogen) atoms. The molecule has 1 aliphatic carbocycles. The lowest BCUT2D eigenvalue weighted by molar-refractivity contribution is 0.465. The Labute approximate surface area is 132 Å². The monoisotopic (exact) mass is 286 g/mol. The number of hydrogen-bond donors (Lipinski definition) is 0. The van der Waals surface area contributed by atoms with Crippen LogP contribution in [0.1, 0.15) is 98.8 Å². The first-order chi connectivity index (χ1) is 10.2. The second-order valence-corrected chi connectivity index (χ2v) is 7.27. The summed E-state index contributed by atoms with van der Waals surface area (Å²) in [5, 5.41) is 0. The molecule has 1 aromatic carbocycles. The molecule has 0 heterocycles. The highest BCUT2D eigenvalue weighted by Crippen LogP contribution is 2.34. The number of hydrogen-bond acceptors (Lipinski definition) is 0. The Hall–Kier alpha value is -0.780. The third kappa shape index (κ3) is 5.16. The van der Waals surface area contributed by atoms with Crippen LogP contribution < -0.4 is 0 Å². The second kappa shape index (κ2) is 8.61. The number of benzene rings is 1. The molecule has 0 aliphatic heterocycles. The zero-order valence-corrected chi connectivity index (χ0v) is 14.5. The highest BCUT2D eigenvalue weighted by Gasteiger charge is 2.16. The van der Waals surface area contributed by atoms with E-state index in [-0.39, 0.29) is 0 Å². The molecule has 1 fully saturated rings. The van der Waals surface area contributed by atoms with E-state index in [0.717, 1.165) is 5.92 Å². The molecule has 0 bridgehead atoms. The topological polar surface area (TPSA) is 0 Å². The van der Waals surface area contributed by atoms with Gasteiger partial charge in [-0.1, -0.05) is 75.5 Å². The average molecular weight is 287 g/mol. The third-order valence-electron chi connectivity index (χ3n) is 5.25. The van der Waals surface area contributed by atoms with Gasteiger partial charge in [-0.15, -0.1) is 0 Å². The summed E-state index contributed by atoms with van der Waals surface area (Å²) in [6.45, 7) is 6.88. The van der Waals surface area contributed by atoms with Gasteiger partial charge in [0.15, 0.2) is 0 Å². The van der Waals surface area contributed by atoms with Crippen molar-refractivity contribution in [2.45, 2.75) is 97.3 Å². The molecule has 118 valence electrons. The van der Waals surface area contributed by atoms with Crippen LogP contribution in [0.15, 0.2) is 12.1 Å². The maximum Gasteiger partial charge on any atom is -0.0157 e. The quantitative estimate of drug-likeness (QED) is 0.521. The molecule has 0 aromatic heterocycles. The summed E-state index contributed by atoms with van der Waals surface area (Å²) in [6.07, 6.45) is 15.9. The van der Waals surface area contributed by atoms with Gasteiger partial charge in [0.05, 0.1) is 0 Å². The van der Waals surface area contributed by atoms with Gasteiger partial charge in [0.1, 0.15) is 0 Å². The average Bonchev–Trinajstić information content (AvgIpc) is 2.40. The Bertz CT molecular complexity index is 395. The van der Waals surface area contributed by atoms with Crippen LogP contribution >= 0.6 is 0 Å². The van der Waals surface area contributed by atoms with Crippen LogP contribution in [0.4, 0.5) is 0 Å². The van der Waals surface area contributed by atoms with Gasteiger partial charge in [-0.25, -0.2) is 0 Å². The van der Waals surface area contributed by atoms with Crippen LogP contribution in [-0.2, 0) is 0 Å². The van der Waals surface area contributed by atoms with Crippen molar-refractivity contribution in [2.75, 3.05) is 0 Å². The van der Waals surface area contributed by atoms with E-state index in [2.05, 4.69) is 32.9 Å². The zero-order valence-electron chi connectivity index (χ0n) is 14.5. The molecular formula is C21H34. The molecule has 0 amide bonds. The van der Waals surface area contributed by atoms with Crippen molar-refractivity contribution in [3.8, 4) is 0 Å². The molecule has 2 rings (SSSR count). The Morgan fingerprint density at radius 1 is 0.619 bits per heavy atom. The minimum atomic E-state index is 0.810. The summed E-state index contributed by atoms with van der Waals surface area (Å²) in [5.41, 5.74) is 6.16. The highest BCUT2D eigenvalue weighted by atomic mass is 14.2. The van der Waals surface area contributed by atoms with Gasteiger partial charge < -0.3 is 0 Å². The summed E-state index contributed by atoms with van der Waals surface area (Å²) < 4.78 is 0. The van der Waals surface area contributed by atoms with Gasteiger partial charge >= 0.3 is 0 Å². The number of rotatable bonds is 1. The molecule has 0 atom stereocenters. The molecule has 0 spiro atoms. The molecule has 0 heteroatoms. The smallest absolute Gasteiger partial charge is 0.0157 e. The summed E-state index contributed by atoms with van der Waals surface area (Å²) in [6, 6.07) is 4.77. The molecule has 0 N–H and O–H groups in total. The van der Waals surface area contributed by atoms with Crippen LogP contribution in [0.5, 0.6) is 0 Å². The van der Waals surface area contributed by atoms with Crippen LogP contribution in [0.3, 0.4) is 0 Å². The van der Waals surface area contributed by atoms with Gasteiger partial charge in [-0.05, 0) is 56.2 Å². The van der Waals surface area contributed by atoms with Crippen LogP contribution in [0.25, 0.3) is 0 Å². The lowest BCUT2D eigenvalue weighted by Crippen LogP contribution is -2.05. The minimum Gasteiger partial charge on any atom is -0.0561 e. The maximum atomic E-state index is 2.39. The number of aryl methyl sites for hydroxylation is 3. The van der Waals surface area contributed by atoms with Gasteiger partial charge in [-0.2, -0.15) is 0 Å². The lowest BCUT2D eigenvalue weighted by Gasteiger charge is -2.23. The fourth-order valence-corrected chi connectivity index (χ4v) is 4.29. The summed E-state index contributed by atoms with van der Waals surface area (Å²) >= 11 is 0. The van der Waals surface area contributed by atoms with E-state index in [4.69, 9.17) is 0 Å². The Balaban J connectivity index is 2.09. The predicted molar refractivity (Wildman–Crippen MR) is 94.2 cm³/mol. The zero-order chi connectivity index (χ0) is 15.1. The van der Waals surface area contributed by atoms with Crippen molar-refractivity contribution >= 4 is 0 Å². The van der Waals surface area contributed by atoms with E-state index in [1.54, 1.807) is 5.56 Å². The molecule has 1 aliphatic rings. The third-order valence-corrected chi connectivity index (χ3v) is 5.25. The van der Waals surface area contributed by atoms with Crippen LogP contribution in [0, 0.1) is 20.8 Å². The normalized spacial score (nSPS) is 19.8. The van der Waals surface area contributed by atoms with Gasteiger partial charge in [0.25, 0.3) is 0 Å². The SMILES string of the molecule is Cc1cc(C)c(C2CCCCCCCCCCC2)c(C)c1. The molecule has 1 saturated carbocycles. The fraction of sp³-hybridized carbons (Fsp3) is 0.714. The van der Waals surface area contributed by atoms with Gasteiger partial charge in [0.2, 0.25) is 0 Å². The summed E-state index contributed by atoms with van der Waals surface area (Å²) in [4.78, 5) is 0. The van der Waals surface area contributed by atoms with Gasteiger partial charge in [-0.3, -0.25) is 0 Å². The molecule has 0 saturated heterocycles. The first kappa shape index (κ1) is 16.6. The largest absolute Gasteiger partial charge is 0.0561 e. The second-order valence-electron chi connectivity index (χ2n) is 7.27. The van der Waals surface area contributed by atoms with E-state index in [0.29, 0.717) is 0 Å². The molecule has 0 radical (unpaired) electrons. The van der Waals surface area contributed by atoms with Crippen molar-refractivity contribution < 1.29 is 0 Å². The summed E-state index contributed by atoms with van der Waals surface area (Å²) in [5.74, 6) is 0.810. The first-order valence-electron chi connectivity index (χ1n) is 9.26. The minimum absolute atomic E-state index is 0.810. The van der Waals surface area contributed by atoms with E-state index in [9.17, 15) is 0 Å². The fourth-order valence-electron chi connectivity index (χ4n) is 4.29. The standard InChI is InChI=1S/C21H34/c1-17-15-18(2)21(19(3)16-17)20-13-11-9-7-5-4-6-8-10-12-14-20/h15-16,20H,4-14H2,1-3H3. The van der Waals surface area contributed by atoms with E-state index in [1.165, 1.54) is 87.3 Å². The van der Waals surface area contributed by atoms with E-state index < -0.39 is 0 Å². The van der Waals surface area contributed by atoms with E-state index >= 15 is 0 Å². The van der Waals surface area contributed by atoms with Crippen molar-refractivity contribution in [3.05, 3.63) is 34.4 Å². The summed E-state index contributed by atoms with van der Waals surface area (Å²) in [7, 11) is 0. The van der Waals surface area contributed by atoms with Crippen LogP contribution in [-0.4, -0.2) is 0 Å².